The Morgan fingerprint density at radius 2 is 1.96 bits per heavy atom. The van der Waals surface area contributed by atoms with E-state index in [0.29, 0.717) is 18.4 Å². The first-order valence-electron chi connectivity index (χ1n) is 8.14. The maximum Gasteiger partial charge on any atom is 0.248 e. The van der Waals surface area contributed by atoms with E-state index in [4.69, 9.17) is 4.99 Å². The van der Waals surface area contributed by atoms with Gasteiger partial charge in [-0.05, 0) is 6.07 Å². The van der Waals surface area contributed by atoms with Crippen LogP contribution in [-0.2, 0) is 9.84 Å². The molecule has 0 amide bonds. The summed E-state index contributed by atoms with van der Waals surface area (Å²) < 4.78 is 23.6. The van der Waals surface area contributed by atoms with Crippen molar-refractivity contribution in [3.8, 4) is 0 Å². The van der Waals surface area contributed by atoms with E-state index in [2.05, 4.69) is 20.4 Å². The molecule has 4 rings (SSSR count). The normalized spacial score (nSPS) is 16.4. The molecule has 0 atom stereocenters. The highest BCUT2D eigenvalue weighted by Crippen LogP contribution is 2.24. The summed E-state index contributed by atoms with van der Waals surface area (Å²) in [4.78, 5) is 18.9. The minimum atomic E-state index is -3.51. The maximum absolute atomic E-state index is 11.8. The SMILES string of the molecule is CN(C1=NC(c2ccccc2)=CC2=NCNN21)c1ccnc(S(C)(=O)=O)n1. The Hall–Kier alpha value is -3.11. The van der Waals surface area contributed by atoms with Gasteiger partial charge in [-0.3, -0.25) is 4.90 Å². The number of rotatable bonds is 3. The number of guanidine groups is 1. The Balaban J connectivity index is 1.76. The van der Waals surface area contributed by atoms with Crippen molar-refractivity contribution < 1.29 is 8.42 Å². The molecule has 138 valence electrons. The third-order valence-corrected chi connectivity index (χ3v) is 4.91. The molecule has 0 spiro atoms. The largest absolute Gasteiger partial charge is 0.298 e. The molecule has 1 aromatic carbocycles. The second kappa shape index (κ2) is 6.56. The zero-order chi connectivity index (χ0) is 19.0. The van der Waals surface area contributed by atoms with Gasteiger partial charge in [-0.15, -0.1) is 0 Å². The second-order valence-electron chi connectivity index (χ2n) is 6.00. The molecular formula is C17H17N7O2S. The van der Waals surface area contributed by atoms with E-state index in [1.165, 1.54) is 6.20 Å². The average molecular weight is 383 g/mol. The van der Waals surface area contributed by atoms with Gasteiger partial charge in [-0.25, -0.2) is 38.8 Å². The fraction of sp³-hybridized carbons (Fsp3) is 0.176. The highest BCUT2D eigenvalue weighted by atomic mass is 32.2. The zero-order valence-electron chi connectivity index (χ0n) is 14.7. The Labute approximate surface area is 156 Å². The number of fused-ring (bicyclic) bond motifs is 1. The molecule has 0 aliphatic carbocycles. The van der Waals surface area contributed by atoms with Crippen molar-refractivity contribution in [2.45, 2.75) is 5.16 Å². The number of aromatic nitrogens is 2. The van der Waals surface area contributed by atoms with Crippen LogP contribution in [0.2, 0.25) is 0 Å². The molecule has 9 nitrogen and oxygen atoms in total. The van der Waals surface area contributed by atoms with Gasteiger partial charge in [0, 0.05) is 31.1 Å². The lowest BCUT2D eigenvalue weighted by atomic mass is 10.1. The number of nitrogens with one attached hydrogen (secondary N) is 1. The van der Waals surface area contributed by atoms with E-state index in [1.807, 2.05) is 36.4 Å². The molecule has 2 aliphatic heterocycles. The molecular weight excluding hydrogens is 366 g/mol. The highest BCUT2D eigenvalue weighted by Gasteiger charge is 2.29. The van der Waals surface area contributed by atoms with E-state index < -0.39 is 9.84 Å². The van der Waals surface area contributed by atoms with Crippen LogP contribution >= 0.6 is 0 Å². The van der Waals surface area contributed by atoms with Crippen LogP contribution in [0.3, 0.4) is 0 Å². The fourth-order valence-electron chi connectivity index (χ4n) is 2.72. The quantitative estimate of drug-likeness (QED) is 0.786. The first kappa shape index (κ1) is 17.3. The lowest BCUT2D eigenvalue weighted by Gasteiger charge is -2.30. The summed E-state index contributed by atoms with van der Waals surface area (Å²) in [6.07, 6.45) is 4.39. The van der Waals surface area contributed by atoms with Crippen molar-refractivity contribution in [3.05, 3.63) is 54.2 Å². The molecule has 2 aromatic rings. The van der Waals surface area contributed by atoms with E-state index >= 15 is 0 Å². The summed E-state index contributed by atoms with van der Waals surface area (Å²) in [5.41, 5.74) is 4.84. The van der Waals surface area contributed by atoms with E-state index in [1.54, 1.807) is 23.0 Å². The second-order valence-corrected chi connectivity index (χ2v) is 7.91. The number of aliphatic imine (C=N–C) groups is 2. The lowest BCUT2D eigenvalue weighted by Crippen LogP contribution is -2.51. The summed E-state index contributed by atoms with van der Waals surface area (Å²) in [5, 5.41) is 1.51. The van der Waals surface area contributed by atoms with Crippen LogP contribution in [0.4, 0.5) is 5.82 Å². The van der Waals surface area contributed by atoms with Crippen molar-refractivity contribution in [1.82, 2.24) is 20.4 Å². The predicted molar refractivity (Wildman–Crippen MR) is 103 cm³/mol. The van der Waals surface area contributed by atoms with Gasteiger partial charge in [0.25, 0.3) is 0 Å². The van der Waals surface area contributed by atoms with Gasteiger partial charge < -0.3 is 0 Å². The Morgan fingerprint density at radius 1 is 1.19 bits per heavy atom. The van der Waals surface area contributed by atoms with Crippen LogP contribution in [-0.4, -0.2) is 55.2 Å². The van der Waals surface area contributed by atoms with Crippen molar-refractivity contribution in [1.29, 1.82) is 0 Å². The minimum Gasteiger partial charge on any atom is -0.298 e. The number of sulfone groups is 1. The molecule has 0 bridgehead atoms. The summed E-state index contributed by atoms with van der Waals surface area (Å²) in [5.74, 6) is 1.67. The molecule has 0 unspecified atom stereocenters. The van der Waals surface area contributed by atoms with Gasteiger partial charge in [0.15, 0.2) is 0 Å². The van der Waals surface area contributed by atoms with Gasteiger partial charge in [-0.1, -0.05) is 30.3 Å². The Kier molecular flexibility index (Phi) is 4.21. The number of benzene rings is 1. The monoisotopic (exact) mass is 383 g/mol. The Morgan fingerprint density at radius 3 is 2.70 bits per heavy atom. The van der Waals surface area contributed by atoms with Gasteiger partial charge >= 0.3 is 0 Å². The summed E-state index contributed by atoms with van der Waals surface area (Å²) in [6.45, 7) is 0.430. The maximum atomic E-state index is 11.8. The topological polar surface area (TPSA) is 103 Å². The lowest BCUT2D eigenvalue weighted by molar-refractivity contribution is 0.486. The third kappa shape index (κ3) is 3.32. The minimum absolute atomic E-state index is 0.231. The molecule has 27 heavy (non-hydrogen) atoms. The van der Waals surface area contributed by atoms with Crippen LogP contribution < -0.4 is 10.3 Å². The van der Waals surface area contributed by atoms with E-state index in [0.717, 1.165) is 23.4 Å². The third-order valence-electron chi connectivity index (χ3n) is 4.05. The summed E-state index contributed by atoms with van der Waals surface area (Å²) in [6, 6.07) is 11.4. The van der Waals surface area contributed by atoms with Crippen LogP contribution in [0.15, 0.2) is 63.8 Å². The molecule has 2 aliphatic rings. The highest BCUT2D eigenvalue weighted by molar-refractivity contribution is 7.90. The number of amidine groups is 1. The number of hydrogen-bond acceptors (Lipinski definition) is 9. The number of nitrogens with zero attached hydrogens (tertiary/aromatic N) is 6. The van der Waals surface area contributed by atoms with Crippen molar-refractivity contribution in [2.24, 2.45) is 9.98 Å². The number of hydrazine groups is 1. The molecule has 0 saturated heterocycles. The van der Waals surface area contributed by atoms with Crippen molar-refractivity contribution in [2.75, 3.05) is 24.9 Å². The number of hydrogen-bond donors (Lipinski definition) is 1. The first-order chi connectivity index (χ1) is 12.9. The summed E-state index contributed by atoms with van der Waals surface area (Å²) in [7, 11) is -1.75. The van der Waals surface area contributed by atoms with Gasteiger partial charge in [-0.2, -0.15) is 0 Å². The molecule has 0 radical (unpaired) electrons. The molecule has 10 heteroatoms. The molecule has 0 fully saturated rings. The molecule has 0 saturated carbocycles. The smallest absolute Gasteiger partial charge is 0.248 e. The first-order valence-corrected chi connectivity index (χ1v) is 10.0. The van der Waals surface area contributed by atoms with Crippen LogP contribution in [0.25, 0.3) is 5.70 Å². The predicted octanol–water partition coefficient (Wildman–Crippen LogP) is 0.903. The summed E-state index contributed by atoms with van der Waals surface area (Å²) >= 11 is 0. The van der Waals surface area contributed by atoms with Crippen molar-refractivity contribution >= 4 is 33.1 Å². The standard InChI is InChI=1S/C17H17N7O2S/c1-23(14-8-9-18-16(22-14)27(2,25)26)17-21-13(12-6-4-3-5-7-12)10-15-19-11-20-24(15)17/h3-10,20H,11H2,1-2H3. The molecule has 3 heterocycles. The molecule has 1 aromatic heterocycles. The molecule has 1 N–H and O–H groups in total. The van der Waals surface area contributed by atoms with E-state index in [9.17, 15) is 8.42 Å². The van der Waals surface area contributed by atoms with Crippen LogP contribution in [0, 0.1) is 0 Å². The van der Waals surface area contributed by atoms with Crippen LogP contribution in [0.1, 0.15) is 5.56 Å². The fourth-order valence-corrected chi connectivity index (χ4v) is 3.23. The van der Waals surface area contributed by atoms with Gasteiger partial charge in [0.2, 0.25) is 21.0 Å². The van der Waals surface area contributed by atoms with Crippen molar-refractivity contribution in [3.63, 3.8) is 0 Å². The zero-order valence-corrected chi connectivity index (χ0v) is 15.6. The Bertz CT molecular complexity index is 1080. The van der Waals surface area contributed by atoms with Gasteiger partial charge in [0.1, 0.15) is 18.3 Å². The van der Waals surface area contributed by atoms with Crippen LogP contribution in [0.5, 0.6) is 0 Å². The average Bonchev–Trinajstić information content (AvgIpc) is 3.15. The van der Waals surface area contributed by atoms with Gasteiger partial charge in [0.05, 0.1) is 5.70 Å². The number of anilines is 1. The van der Waals surface area contributed by atoms with E-state index in [-0.39, 0.29) is 5.16 Å².